The lowest BCUT2D eigenvalue weighted by Crippen LogP contribution is -2.45. The third-order valence-corrected chi connectivity index (χ3v) is 22.7. The summed E-state index contributed by atoms with van der Waals surface area (Å²) >= 11 is 0. The number of carbonyl (C=O) groups is 4. The van der Waals surface area contributed by atoms with E-state index >= 15 is 0 Å². The summed E-state index contributed by atoms with van der Waals surface area (Å²) in [6, 6.07) is 0. The van der Waals surface area contributed by atoms with Gasteiger partial charge in [-0.25, -0.2) is 0 Å². The molecule has 0 fully saturated rings. The second-order valence-electron chi connectivity index (χ2n) is 33.3. The van der Waals surface area contributed by atoms with E-state index in [-0.39, 0.29) is 74.0 Å². The highest BCUT2D eigenvalue weighted by atomic mass is 16.6. The highest BCUT2D eigenvalue weighted by Gasteiger charge is 2.39. The predicted octanol–water partition coefficient (Wildman–Crippen LogP) is 30.9. The number of esters is 4. The van der Waals surface area contributed by atoms with Gasteiger partial charge in [0, 0.05) is 0 Å². The van der Waals surface area contributed by atoms with Crippen LogP contribution in [0.25, 0.3) is 0 Å². The molecule has 0 N–H and O–H groups in total. The summed E-state index contributed by atoms with van der Waals surface area (Å²) in [7, 11) is 0. The van der Waals surface area contributed by atoms with Crippen molar-refractivity contribution in [1.29, 1.82) is 0 Å². The first kappa shape index (κ1) is 98.9. The van der Waals surface area contributed by atoms with Gasteiger partial charge >= 0.3 is 23.9 Å². The van der Waals surface area contributed by atoms with Crippen LogP contribution in [0.15, 0.2) is 0 Å². The molecule has 0 aromatic heterocycles. The number of unbranched alkanes of at least 4 members (excludes halogenated alkanes) is 64. The molecule has 0 radical (unpaired) electrons. The predicted molar refractivity (Wildman–Crippen MR) is 438 cm³/mol. The molecule has 0 rings (SSSR count). The minimum atomic E-state index is -1.26. The average molecular weight is 1430 g/mol. The van der Waals surface area contributed by atoms with E-state index in [1.807, 2.05) is 27.7 Å². The Morgan fingerprint density at radius 3 is 0.386 bits per heavy atom. The summed E-state index contributed by atoms with van der Waals surface area (Å²) < 4.78 is 24.9. The first-order valence-electron chi connectivity index (χ1n) is 46.1. The fraction of sp³-hybridized carbons (Fsp3) is 0.957. The van der Waals surface area contributed by atoms with E-state index < -0.39 is 5.41 Å². The van der Waals surface area contributed by atoms with Crippen LogP contribution in [0.1, 0.15) is 518 Å². The second-order valence-corrected chi connectivity index (χ2v) is 33.3. The molecule has 8 nitrogen and oxygen atoms in total. The van der Waals surface area contributed by atoms with E-state index in [0.29, 0.717) is 0 Å². The SMILES string of the molecule is CCCCCCCCCCCCCCCCCCCC(C)C(=O)OCC(COC(=O)C(C)CCCCCCCCCCCCCCCCCCC)(COC(=O)C(C)CCCCCCCCCCCCCCCCCCC)COC(=O)C(C)CCCCCCCCCCCCCCCCCCC. The van der Waals surface area contributed by atoms with Crippen molar-refractivity contribution in [3.05, 3.63) is 0 Å². The number of hydrogen-bond donors (Lipinski definition) is 0. The molecule has 0 aliphatic carbocycles. The number of ether oxygens (including phenoxy) is 4. The summed E-state index contributed by atoms with van der Waals surface area (Å²) in [6.07, 6.45) is 92.0. The topological polar surface area (TPSA) is 105 Å². The Kier molecular flexibility index (Phi) is 77.3. The van der Waals surface area contributed by atoms with Crippen LogP contribution in [-0.4, -0.2) is 50.3 Å². The number of rotatable bonds is 84. The van der Waals surface area contributed by atoms with E-state index in [2.05, 4.69) is 27.7 Å². The molecular weight excluding hydrogens is 1250 g/mol. The van der Waals surface area contributed by atoms with Crippen LogP contribution in [0, 0.1) is 29.1 Å². The maximum Gasteiger partial charge on any atom is 0.308 e. The van der Waals surface area contributed by atoms with Crippen LogP contribution in [0.4, 0.5) is 0 Å². The third kappa shape index (κ3) is 69.4. The molecular formula is C93H180O8. The van der Waals surface area contributed by atoms with Crippen molar-refractivity contribution in [1.82, 2.24) is 0 Å². The minimum absolute atomic E-state index is 0.183. The van der Waals surface area contributed by atoms with Gasteiger partial charge in [-0.15, -0.1) is 0 Å². The molecule has 0 aromatic rings. The van der Waals surface area contributed by atoms with Gasteiger partial charge in [0.2, 0.25) is 0 Å². The summed E-state index contributed by atoms with van der Waals surface area (Å²) in [4.78, 5) is 56.0. The van der Waals surface area contributed by atoms with E-state index in [1.165, 1.54) is 385 Å². The number of carbonyl (C=O) groups excluding carboxylic acids is 4. The van der Waals surface area contributed by atoms with Gasteiger partial charge in [-0.1, -0.05) is 492 Å². The smallest absolute Gasteiger partial charge is 0.308 e. The van der Waals surface area contributed by atoms with E-state index in [0.717, 1.165) is 77.0 Å². The summed E-state index contributed by atoms with van der Waals surface area (Å²) in [5.41, 5.74) is -1.26. The van der Waals surface area contributed by atoms with Crippen LogP contribution in [0.3, 0.4) is 0 Å². The average Bonchev–Trinajstić information content (AvgIpc) is 0.846. The lowest BCUT2D eigenvalue weighted by molar-refractivity contribution is -0.175. The van der Waals surface area contributed by atoms with Gasteiger partial charge in [-0.05, 0) is 25.7 Å². The van der Waals surface area contributed by atoms with Crippen molar-refractivity contribution in [3.8, 4) is 0 Å². The first-order chi connectivity index (χ1) is 49.5. The van der Waals surface area contributed by atoms with Crippen molar-refractivity contribution in [2.24, 2.45) is 29.1 Å². The van der Waals surface area contributed by atoms with Gasteiger partial charge in [0.15, 0.2) is 0 Å². The van der Waals surface area contributed by atoms with Gasteiger partial charge < -0.3 is 18.9 Å². The van der Waals surface area contributed by atoms with Gasteiger partial charge in [0.05, 0.1) is 23.7 Å². The zero-order valence-corrected chi connectivity index (χ0v) is 69.8. The Balaban J connectivity index is 5.74. The molecule has 4 atom stereocenters. The first-order valence-corrected chi connectivity index (χ1v) is 46.1. The lowest BCUT2D eigenvalue weighted by Gasteiger charge is -2.33. The molecule has 0 heterocycles. The molecule has 600 valence electrons. The Labute approximate surface area is 631 Å². The van der Waals surface area contributed by atoms with E-state index in [9.17, 15) is 19.2 Å². The lowest BCUT2D eigenvalue weighted by atomic mass is 9.91. The molecule has 0 amide bonds. The van der Waals surface area contributed by atoms with E-state index in [1.54, 1.807) is 0 Å². The number of hydrogen-bond acceptors (Lipinski definition) is 8. The zero-order chi connectivity index (χ0) is 73.7. The highest BCUT2D eigenvalue weighted by molar-refractivity contribution is 5.74. The monoisotopic (exact) mass is 1430 g/mol. The summed E-state index contributed by atoms with van der Waals surface area (Å²) in [5, 5.41) is 0. The molecule has 101 heavy (non-hydrogen) atoms. The molecule has 0 bridgehead atoms. The van der Waals surface area contributed by atoms with Gasteiger partial charge in [0.1, 0.15) is 31.8 Å². The molecule has 0 aliphatic rings. The fourth-order valence-electron chi connectivity index (χ4n) is 14.9. The van der Waals surface area contributed by atoms with E-state index in [4.69, 9.17) is 18.9 Å². The molecule has 0 saturated carbocycles. The summed E-state index contributed by atoms with van der Waals surface area (Å²) in [6.45, 7) is 16.2. The maximum absolute atomic E-state index is 14.0. The van der Waals surface area contributed by atoms with Crippen molar-refractivity contribution in [2.75, 3.05) is 26.4 Å². The third-order valence-electron chi connectivity index (χ3n) is 22.7. The van der Waals surface area contributed by atoms with Crippen molar-refractivity contribution >= 4 is 23.9 Å². The van der Waals surface area contributed by atoms with Crippen molar-refractivity contribution in [2.45, 2.75) is 518 Å². The molecule has 0 saturated heterocycles. The standard InChI is InChI=1S/C93H180O8/c1-9-13-17-21-25-29-33-37-41-45-49-53-57-61-65-69-73-77-85(5)89(94)98-81-93(82-99-90(95)86(6)78-74-70-66-62-58-54-50-46-42-38-34-30-26-22-18-14-10-2,83-100-91(96)87(7)79-75-71-67-63-59-55-51-47-43-39-35-31-27-23-19-15-11-3)84-101-92(97)88(8)80-76-72-68-64-60-56-52-48-44-40-36-32-28-24-20-16-12-4/h85-88H,9-84H2,1-8H3. The minimum Gasteiger partial charge on any atom is -0.464 e. The second kappa shape index (κ2) is 78.9. The van der Waals surface area contributed by atoms with Crippen molar-refractivity contribution in [3.63, 3.8) is 0 Å². The van der Waals surface area contributed by atoms with Crippen LogP contribution >= 0.6 is 0 Å². The Hall–Kier alpha value is -2.12. The Morgan fingerprint density at radius 1 is 0.178 bits per heavy atom. The van der Waals surface area contributed by atoms with Gasteiger partial charge in [0.25, 0.3) is 0 Å². The zero-order valence-electron chi connectivity index (χ0n) is 69.8. The summed E-state index contributed by atoms with van der Waals surface area (Å²) in [5.74, 6) is -2.57. The Morgan fingerprint density at radius 2 is 0.277 bits per heavy atom. The Bertz CT molecular complexity index is 1470. The molecule has 8 heteroatoms. The fourth-order valence-corrected chi connectivity index (χ4v) is 14.9. The maximum atomic E-state index is 14.0. The highest BCUT2D eigenvalue weighted by Crippen LogP contribution is 2.28. The van der Waals surface area contributed by atoms with Crippen molar-refractivity contribution < 1.29 is 38.1 Å². The van der Waals surface area contributed by atoms with Crippen LogP contribution in [0.2, 0.25) is 0 Å². The van der Waals surface area contributed by atoms with Crippen LogP contribution < -0.4 is 0 Å². The van der Waals surface area contributed by atoms with Crippen LogP contribution in [0.5, 0.6) is 0 Å². The van der Waals surface area contributed by atoms with Gasteiger partial charge in [-0.3, -0.25) is 19.2 Å². The molecule has 0 spiro atoms. The largest absolute Gasteiger partial charge is 0.464 e. The molecule has 4 unspecified atom stereocenters. The quantitative estimate of drug-likeness (QED) is 0.0337. The van der Waals surface area contributed by atoms with Gasteiger partial charge in [-0.2, -0.15) is 0 Å². The molecule has 0 aromatic carbocycles. The molecule has 0 aliphatic heterocycles. The van der Waals surface area contributed by atoms with Crippen LogP contribution in [-0.2, 0) is 38.1 Å². The normalized spacial score (nSPS) is 13.5.